The summed E-state index contributed by atoms with van der Waals surface area (Å²) in [5.74, 6) is 0.675. The molecule has 30 heavy (non-hydrogen) atoms. The number of hydrogen-bond donors (Lipinski definition) is 0. The molecule has 7 nitrogen and oxygen atoms in total. The molecule has 7 heteroatoms. The Balaban J connectivity index is 1.34. The van der Waals surface area contributed by atoms with Crippen molar-refractivity contribution in [2.24, 2.45) is 0 Å². The molecule has 3 aromatic heterocycles. The van der Waals surface area contributed by atoms with Crippen molar-refractivity contribution < 1.29 is 0 Å². The first-order valence-corrected chi connectivity index (χ1v) is 9.79. The Kier molecular flexibility index (Phi) is 4.75. The molecule has 0 saturated carbocycles. The molecule has 0 fully saturated rings. The lowest BCUT2D eigenvalue weighted by molar-refractivity contribution is 0.239. The van der Waals surface area contributed by atoms with Crippen LogP contribution in [0.2, 0.25) is 0 Å². The Morgan fingerprint density at radius 1 is 1.07 bits per heavy atom. The molecule has 146 valence electrons. The van der Waals surface area contributed by atoms with Gasteiger partial charge in [-0.05, 0) is 30.3 Å². The van der Waals surface area contributed by atoms with Crippen LogP contribution in [0.25, 0.3) is 17.1 Å². The largest absolute Gasteiger partial charge is 0.320 e. The van der Waals surface area contributed by atoms with Crippen molar-refractivity contribution in [2.75, 3.05) is 6.54 Å². The molecule has 0 spiro atoms. The van der Waals surface area contributed by atoms with E-state index in [0.717, 1.165) is 48.6 Å². The van der Waals surface area contributed by atoms with Gasteiger partial charge in [0.15, 0.2) is 5.82 Å². The highest BCUT2D eigenvalue weighted by molar-refractivity contribution is 5.52. The summed E-state index contributed by atoms with van der Waals surface area (Å²) in [7, 11) is 0. The van der Waals surface area contributed by atoms with E-state index in [1.54, 1.807) is 12.4 Å². The van der Waals surface area contributed by atoms with Crippen molar-refractivity contribution in [1.82, 2.24) is 29.4 Å². The van der Waals surface area contributed by atoms with Crippen LogP contribution < -0.4 is 0 Å². The Hall–Kier alpha value is -3.89. The molecule has 0 aliphatic carbocycles. The van der Waals surface area contributed by atoms with Gasteiger partial charge in [0.2, 0.25) is 0 Å². The molecule has 1 aliphatic heterocycles. The first-order valence-electron chi connectivity index (χ1n) is 9.79. The summed E-state index contributed by atoms with van der Waals surface area (Å²) in [6.45, 7) is 2.56. The zero-order valence-corrected chi connectivity index (χ0v) is 16.3. The summed E-state index contributed by atoms with van der Waals surface area (Å²) in [4.78, 5) is 19.8. The van der Waals surface area contributed by atoms with Crippen LogP contribution in [0, 0.1) is 11.3 Å². The zero-order chi connectivity index (χ0) is 20.3. The minimum atomic E-state index is 0.663. The van der Waals surface area contributed by atoms with E-state index in [-0.39, 0.29) is 0 Å². The maximum absolute atomic E-state index is 9.19. The van der Waals surface area contributed by atoms with E-state index >= 15 is 0 Å². The van der Waals surface area contributed by atoms with Gasteiger partial charge in [0.05, 0.1) is 22.9 Å². The van der Waals surface area contributed by atoms with Crippen molar-refractivity contribution in [2.45, 2.75) is 19.5 Å². The van der Waals surface area contributed by atoms with E-state index < -0.39 is 0 Å². The van der Waals surface area contributed by atoms with Crippen molar-refractivity contribution in [3.63, 3.8) is 0 Å². The Morgan fingerprint density at radius 3 is 2.83 bits per heavy atom. The van der Waals surface area contributed by atoms with Crippen LogP contribution in [0.4, 0.5) is 0 Å². The lowest BCUT2D eigenvalue weighted by Gasteiger charge is -2.28. The molecule has 1 aromatic carbocycles. The fourth-order valence-corrected chi connectivity index (χ4v) is 3.81. The number of rotatable bonds is 4. The Labute approximate surface area is 174 Å². The normalized spacial score (nSPS) is 13.6. The summed E-state index contributed by atoms with van der Waals surface area (Å²) in [6.07, 6.45) is 9.82. The highest BCUT2D eigenvalue weighted by Crippen LogP contribution is 2.23. The van der Waals surface area contributed by atoms with E-state index in [2.05, 4.69) is 36.6 Å². The smallest absolute Gasteiger partial charge is 0.162 e. The van der Waals surface area contributed by atoms with Crippen molar-refractivity contribution in [1.29, 1.82) is 5.26 Å². The van der Waals surface area contributed by atoms with Crippen LogP contribution in [0.5, 0.6) is 0 Å². The van der Waals surface area contributed by atoms with Crippen LogP contribution in [-0.4, -0.2) is 35.9 Å². The van der Waals surface area contributed by atoms with E-state index in [1.165, 1.54) is 12.0 Å². The average Bonchev–Trinajstić information content (AvgIpc) is 3.27. The monoisotopic (exact) mass is 393 g/mol. The van der Waals surface area contributed by atoms with Gasteiger partial charge in [-0.25, -0.2) is 19.9 Å². The van der Waals surface area contributed by atoms with Gasteiger partial charge in [-0.1, -0.05) is 6.07 Å². The highest BCUT2D eigenvalue weighted by Gasteiger charge is 2.20. The predicted molar refractivity (Wildman–Crippen MR) is 111 cm³/mol. The second kappa shape index (κ2) is 7.85. The zero-order valence-electron chi connectivity index (χ0n) is 16.3. The van der Waals surface area contributed by atoms with Gasteiger partial charge in [-0.15, -0.1) is 0 Å². The van der Waals surface area contributed by atoms with Crippen LogP contribution in [0.1, 0.15) is 22.5 Å². The second-order valence-corrected chi connectivity index (χ2v) is 7.29. The number of aromatic nitrogens is 5. The standard InChI is InChI=1S/C23H19N7/c24-10-17-3-1-4-20(9-17)30-7-2-5-21(30)15-29-8-6-22-19(14-29)13-27-23(28-22)18-11-25-16-26-12-18/h1-5,7,9,11-13,16H,6,8,14-15H2. The molecule has 4 aromatic rings. The summed E-state index contributed by atoms with van der Waals surface area (Å²) < 4.78 is 2.14. The first kappa shape index (κ1) is 18.2. The number of fused-ring (bicyclic) bond motifs is 1. The van der Waals surface area contributed by atoms with Gasteiger partial charge >= 0.3 is 0 Å². The number of nitriles is 1. The van der Waals surface area contributed by atoms with Gasteiger partial charge in [0.1, 0.15) is 6.33 Å². The lowest BCUT2D eigenvalue weighted by Crippen LogP contribution is -2.31. The van der Waals surface area contributed by atoms with Crippen LogP contribution in [-0.2, 0) is 19.5 Å². The summed E-state index contributed by atoms with van der Waals surface area (Å²) >= 11 is 0. The molecule has 0 amide bonds. The van der Waals surface area contributed by atoms with Gasteiger partial charge in [-0.2, -0.15) is 5.26 Å². The van der Waals surface area contributed by atoms with Gasteiger partial charge in [0.25, 0.3) is 0 Å². The summed E-state index contributed by atoms with van der Waals surface area (Å²) in [6, 6.07) is 14.1. The minimum Gasteiger partial charge on any atom is -0.320 e. The average molecular weight is 393 g/mol. The minimum absolute atomic E-state index is 0.663. The van der Waals surface area contributed by atoms with Gasteiger partial charge < -0.3 is 4.57 Å². The quantitative estimate of drug-likeness (QED) is 0.530. The summed E-state index contributed by atoms with van der Waals surface area (Å²) in [5.41, 5.74) is 5.94. The molecule has 0 radical (unpaired) electrons. The molecular weight excluding hydrogens is 374 g/mol. The van der Waals surface area contributed by atoms with Crippen LogP contribution in [0.3, 0.4) is 0 Å². The van der Waals surface area contributed by atoms with E-state index in [1.807, 2.05) is 42.7 Å². The van der Waals surface area contributed by atoms with Crippen molar-refractivity contribution in [3.05, 3.63) is 90.0 Å². The third-order valence-corrected chi connectivity index (χ3v) is 5.30. The van der Waals surface area contributed by atoms with Gasteiger partial charge in [0, 0.05) is 67.8 Å². The second-order valence-electron chi connectivity index (χ2n) is 7.29. The maximum Gasteiger partial charge on any atom is 0.162 e. The predicted octanol–water partition coefficient (Wildman–Crippen LogP) is 3.15. The van der Waals surface area contributed by atoms with Gasteiger partial charge in [-0.3, -0.25) is 4.90 Å². The molecule has 5 rings (SSSR count). The molecule has 1 aliphatic rings. The van der Waals surface area contributed by atoms with Crippen LogP contribution >= 0.6 is 0 Å². The molecule has 4 heterocycles. The fraction of sp³-hybridized carbons (Fsp3) is 0.174. The van der Waals surface area contributed by atoms with E-state index in [4.69, 9.17) is 4.98 Å². The molecule has 0 saturated heterocycles. The third-order valence-electron chi connectivity index (χ3n) is 5.30. The molecule has 0 N–H and O–H groups in total. The van der Waals surface area contributed by atoms with E-state index in [9.17, 15) is 5.26 Å². The lowest BCUT2D eigenvalue weighted by atomic mass is 10.1. The first-order chi connectivity index (χ1) is 14.8. The number of nitrogens with zero attached hydrogens (tertiary/aromatic N) is 7. The third kappa shape index (κ3) is 3.56. The highest BCUT2D eigenvalue weighted by atomic mass is 15.2. The van der Waals surface area contributed by atoms with Crippen LogP contribution in [0.15, 0.2) is 67.5 Å². The molecule has 0 bridgehead atoms. The molecule has 0 atom stereocenters. The molecule has 0 unspecified atom stereocenters. The summed E-state index contributed by atoms with van der Waals surface area (Å²) in [5, 5.41) is 9.19. The maximum atomic E-state index is 9.19. The van der Waals surface area contributed by atoms with E-state index in [0.29, 0.717) is 11.4 Å². The number of benzene rings is 1. The SMILES string of the molecule is N#Cc1cccc(-n2cccc2CN2CCc3nc(-c4cncnc4)ncc3C2)c1. The molecular formula is C23H19N7. The fourth-order valence-electron chi connectivity index (χ4n) is 3.81. The topological polar surface area (TPSA) is 83.5 Å². The Morgan fingerprint density at radius 2 is 1.97 bits per heavy atom. The van der Waals surface area contributed by atoms with Crippen molar-refractivity contribution >= 4 is 0 Å². The van der Waals surface area contributed by atoms with Crippen molar-refractivity contribution in [3.8, 4) is 23.1 Å². The Bertz CT molecular complexity index is 1220. The number of hydrogen-bond acceptors (Lipinski definition) is 6.